The Hall–Kier alpha value is -0.160. The zero-order chi connectivity index (χ0) is 13.1. The molecule has 0 aromatic rings. The molecular formula is C14H30N2O2. The van der Waals surface area contributed by atoms with E-state index in [2.05, 4.69) is 10.2 Å². The highest BCUT2D eigenvalue weighted by Gasteiger charge is 2.21. The highest BCUT2D eigenvalue weighted by Crippen LogP contribution is 2.23. The average Bonchev–Trinajstić information content (AvgIpc) is 2.91. The van der Waals surface area contributed by atoms with Crippen molar-refractivity contribution in [3.63, 3.8) is 0 Å². The van der Waals surface area contributed by atoms with Crippen LogP contribution >= 0.6 is 0 Å². The second kappa shape index (κ2) is 10.7. The van der Waals surface area contributed by atoms with Crippen LogP contribution in [0.5, 0.6) is 0 Å². The van der Waals surface area contributed by atoms with E-state index in [1.807, 2.05) is 0 Å². The molecule has 3 N–H and O–H groups in total. The SMILES string of the molecule is OCCCNCCCN(CCCO)C1CCCC1. The summed E-state index contributed by atoms with van der Waals surface area (Å²) < 4.78 is 0. The lowest BCUT2D eigenvalue weighted by Crippen LogP contribution is -2.36. The Morgan fingerprint density at radius 2 is 1.50 bits per heavy atom. The number of aliphatic hydroxyl groups is 2. The van der Waals surface area contributed by atoms with Crippen LogP contribution in [-0.2, 0) is 0 Å². The quantitative estimate of drug-likeness (QED) is 0.484. The van der Waals surface area contributed by atoms with Gasteiger partial charge in [0.05, 0.1) is 0 Å². The van der Waals surface area contributed by atoms with Crippen LogP contribution in [0.25, 0.3) is 0 Å². The molecule has 4 nitrogen and oxygen atoms in total. The fraction of sp³-hybridized carbons (Fsp3) is 1.00. The molecule has 0 spiro atoms. The van der Waals surface area contributed by atoms with Gasteiger partial charge in [0, 0.05) is 25.8 Å². The monoisotopic (exact) mass is 258 g/mol. The summed E-state index contributed by atoms with van der Waals surface area (Å²) in [5.74, 6) is 0. The summed E-state index contributed by atoms with van der Waals surface area (Å²) >= 11 is 0. The fourth-order valence-corrected chi connectivity index (χ4v) is 2.76. The van der Waals surface area contributed by atoms with Gasteiger partial charge in [0.15, 0.2) is 0 Å². The van der Waals surface area contributed by atoms with Crippen LogP contribution in [0, 0.1) is 0 Å². The standard InChI is InChI=1S/C14H30N2O2/c17-12-4-9-15-8-3-10-16(11-5-13-18)14-6-1-2-7-14/h14-15,17-18H,1-13H2. The summed E-state index contributed by atoms with van der Waals surface area (Å²) in [4.78, 5) is 2.57. The van der Waals surface area contributed by atoms with Crippen molar-refractivity contribution in [3.8, 4) is 0 Å². The van der Waals surface area contributed by atoms with Gasteiger partial charge in [-0.15, -0.1) is 0 Å². The van der Waals surface area contributed by atoms with Crippen LogP contribution in [0.3, 0.4) is 0 Å². The molecule has 1 fully saturated rings. The fourth-order valence-electron chi connectivity index (χ4n) is 2.76. The third kappa shape index (κ3) is 6.69. The molecule has 1 aliphatic rings. The number of hydrogen-bond acceptors (Lipinski definition) is 4. The van der Waals surface area contributed by atoms with Crippen molar-refractivity contribution in [1.82, 2.24) is 10.2 Å². The van der Waals surface area contributed by atoms with Crippen molar-refractivity contribution in [2.24, 2.45) is 0 Å². The number of aliphatic hydroxyl groups excluding tert-OH is 2. The Kier molecular flexibility index (Phi) is 9.48. The molecule has 18 heavy (non-hydrogen) atoms. The van der Waals surface area contributed by atoms with Gasteiger partial charge in [-0.1, -0.05) is 12.8 Å². The lowest BCUT2D eigenvalue weighted by atomic mass is 10.2. The maximum absolute atomic E-state index is 8.96. The van der Waals surface area contributed by atoms with Crippen molar-refractivity contribution in [3.05, 3.63) is 0 Å². The van der Waals surface area contributed by atoms with E-state index in [1.54, 1.807) is 0 Å². The van der Waals surface area contributed by atoms with Crippen molar-refractivity contribution in [1.29, 1.82) is 0 Å². The molecule has 0 heterocycles. The Labute approximate surface area is 111 Å². The summed E-state index contributed by atoms with van der Waals surface area (Å²) in [6.45, 7) is 4.70. The third-order valence-corrected chi connectivity index (χ3v) is 3.76. The zero-order valence-electron chi connectivity index (χ0n) is 11.6. The first-order chi connectivity index (χ1) is 8.88. The summed E-state index contributed by atoms with van der Waals surface area (Å²) in [5.41, 5.74) is 0. The molecule has 0 amide bonds. The Bertz CT molecular complexity index is 185. The van der Waals surface area contributed by atoms with E-state index in [9.17, 15) is 0 Å². The van der Waals surface area contributed by atoms with Crippen molar-refractivity contribution in [2.45, 2.75) is 51.0 Å². The lowest BCUT2D eigenvalue weighted by molar-refractivity contribution is 0.173. The van der Waals surface area contributed by atoms with Gasteiger partial charge in [-0.3, -0.25) is 0 Å². The summed E-state index contributed by atoms with van der Waals surface area (Å²) in [6, 6.07) is 0.758. The highest BCUT2D eigenvalue weighted by molar-refractivity contribution is 4.77. The second-order valence-corrected chi connectivity index (χ2v) is 5.23. The van der Waals surface area contributed by atoms with E-state index in [0.717, 1.165) is 51.5 Å². The molecule has 0 saturated heterocycles. The van der Waals surface area contributed by atoms with Gasteiger partial charge in [-0.2, -0.15) is 0 Å². The van der Waals surface area contributed by atoms with Crippen LogP contribution in [0.1, 0.15) is 44.9 Å². The number of nitrogens with zero attached hydrogens (tertiary/aromatic N) is 1. The van der Waals surface area contributed by atoms with Crippen LogP contribution in [0.15, 0.2) is 0 Å². The summed E-state index contributed by atoms with van der Waals surface area (Å²) in [5, 5.41) is 21.0. The number of nitrogens with one attached hydrogen (secondary N) is 1. The Morgan fingerprint density at radius 1 is 0.889 bits per heavy atom. The van der Waals surface area contributed by atoms with E-state index in [-0.39, 0.29) is 6.61 Å². The molecule has 0 aliphatic heterocycles. The van der Waals surface area contributed by atoms with E-state index in [0.29, 0.717) is 6.61 Å². The van der Waals surface area contributed by atoms with Gasteiger partial charge in [0.25, 0.3) is 0 Å². The molecule has 0 bridgehead atoms. The molecule has 0 unspecified atom stereocenters. The minimum Gasteiger partial charge on any atom is -0.396 e. The molecule has 0 radical (unpaired) electrons. The molecule has 0 atom stereocenters. The van der Waals surface area contributed by atoms with Crippen molar-refractivity contribution in [2.75, 3.05) is 39.4 Å². The Morgan fingerprint density at radius 3 is 2.17 bits per heavy atom. The minimum atomic E-state index is 0.275. The first-order valence-electron chi connectivity index (χ1n) is 7.55. The van der Waals surface area contributed by atoms with Crippen LogP contribution < -0.4 is 5.32 Å². The molecule has 1 saturated carbocycles. The third-order valence-electron chi connectivity index (χ3n) is 3.76. The van der Waals surface area contributed by atoms with Crippen LogP contribution in [0.4, 0.5) is 0 Å². The molecule has 0 aromatic heterocycles. The zero-order valence-corrected chi connectivity index (χ0v) is 11.6. The van der Waals surface area contributed by atoms with Crippen molar-refractivity contribution < 1.29 is 10.2 Å². The minimum absolute atomic E-state index is 0.275. The van der Waals surface area contributed by atoms with E-state index < -0.39 is 0 Å². The van der Waals surface area contributed by atoms with Gasteiger partial charge < -0.3 is 20.4 Å². The normalized spacial score (nSPS) is 16.8. The smallest absolute Gasteiger partial charge is 0.0443 e. The predicted molar refractivity (Wildman–Crippen MR) is 74.7 cm³/mol. The largest absolute Gasteiger partial charge is 0.396 e. The predicted octanol–water partition coefficient (Wildman–Crippen LogP) is 0.975. The topological polar surface area (TPSA) is 55.7 Å². The number of rotatable bonds is 11. The molecular weight excluding hydrogens is 228 g/mol. The second-order valence-electron chi connectivity index (χ2n) is 5.23. The summed E-state index contributed by atoms with van der Waals surface area (Å²) in [6.07, 6.45) is 8.31. The van der Waals surface area contributed by atoms with E-state index in [1.165, 1.54) is 25.7 Å². The molecule has 1 rings (SSSR count). The van der Waals surface area contributed by atoms with Gasteiger partial charge in [0.2, 0.25) is 0 Å². The van der Waals surface area contributed by atoms with Gasteiger partial charge in [0.1, 0.15) is 0 Å². The molecule has 0 aromatic carbocycles. The number of hydrogen-bond donors (Lipinski definition) is 3. The lowest BCUT2D eigenvalue weighted by Gasteiger charge is -2.28. The van der Waals surface area contributed by atoms with E-state index in [4.69, 9.17) is 10.2 Å². The first-order valence-corrected chi connectivity index (χ1v) is 7.55. The van der Waals surface area contributed by atoms with Crippen LogP contribution in [-0.4, -0.2) is 60.5 Å². The first kappa shape index (κ1) is 15.9. The van der Waals surface area contributed by atoms with Gasteiger partial charge in [-0.25, -0.2) is 0 Å². The van der Waals surface area contributed by atoms with Gasteiger partial charge in [-0.05, 0) is 51.7 Å². The molecule has 4 heteroatoms. The molecule has 108 valence electrons. The van der Waals surface area contributed by atoms with Crippen molar-refractivity contribution >= 4 is 0 Å². The summed E-state index contributed by atoms with van der Waals surface area (Å²) in [7, 11) is 0. The Balaban J connectivity index is 2.11. The highest BCUT2D eigenvalue weighted by atomic mass is 16.3. The average molecular weight is 258 g/mol. The molecule has 1 aliphatic carbocycles. The van der Waals surface area contributed by atoms with E-state index >= 15 is 0 Å². The maximum Gasteiger partial charge on any atom is 0.0443 e. The van der Waals surface area contributed by atoms with Gasteiger partial charge >= 0.3 is 0 Å². The maximum atomic E-state index is 8.96. The van der Waals surface area contributed by atoms with Crippen LogP contribution in [0.2, 0.25) is 0 Å².